The van der Waals surface area contributed by atoms with Gasteiger partial charge in [0.1, 0.15) is 0 Å². The van der Waals surface area contributed by atoms with E-state index in [4.69, 9.17) is 0 Å². The van der Waals surface area contributed by atoms with Gasteiger partial charge in [0.05, 0.1) is 12.7 Å². The van der Waals surface area contributed by atoms with Gasteiger partial charge in [-0.3, -0.25) is 4.79 Å². The summed E-state index contributed by atoms with van der Waals surface area (Å²) in [6.45, 7) is 4.71. The molecule has 19 heavy (non-hydrogen) atoms. The number of carbonyl (C=O) groups is 1. The molecule has 2 aromatic rings. The minimum Gasteiger partial charge on any atom is -0.355 e. The van der Waals surface area contributed by atoms with Crippen molar-refractivity contribution in [1.82, 2.24) is 15.3 Å². The SMILES string of the molecule is Cc1ccc(C)c(CC(=O)NCCc2cnc[nH]2)c1. The molecule has 1 amide bonds. The Kier molecular flexibility index (Phi) is 4.34. The zero-order valence-electron chi connectivity index (χ0n) is 11.4. The van der Waals surface area contributed by atoms with Crippen LogP contribution in [-0.4, -0.2) is 22.4 Å². The molecule has 1 heterocycles. The number of nitrogens with zero attached hydrogens (tertiary/aromatic N) is 1. The number of hydrogen-bond acceptors (Lipinski definition) is 2. The fourth-order valence-corrected chi connectivity index (χ4v) is 1.98. The predicted octanol–water partition coefficient (Wildman–Crippen LogP) is 1.93. The number of aromatic amines is 1. The number of benzene rings is 1. The van der Waals surface area contributed by atoms with Gasteiger partial charge in [-0.25, -0.2) is 4.98 Å². The molecule has 1 aromatic carbocycles. The number of imidazole rings is 1. The monoisotopic (exact) mass is 257 g/mol. The van der Waals surface area contributed by atoms with Crippen LogP contribution in [0.5, 0.6) is 0 Å². The molecule has 0 saturated heterocycles. The molecule has 4 heteroatoms. The molecule has 0 fully saturated rings. The van der Waals surface area contributed by atoms with E-state index in [2.05, 4.69) is 33.5 Å². The lowest BCUT2D eigenvalue weighted by Crippen LogP contribution is -2.27. The number of rotatable bonds is 5. The molecule has 0 aliphatic heterocycles. The van der Waals surface area contributed by atoms with Crippen LogP contribution < -0.4 is 5.32 Å². The maximum absolute atomic E-state index is 11.9. The van der Waals surface area contributed by atoms with Crippen molar-refractivity contribution < 1.29 is 4.79 Å². The fourth-order valence-electron chi connectivity index (χ4n) is 1.98. The Bertz CT molecular complexity index is 547. The molecule has 100 valence electrons. The van der Waals surface area contributed by atoms with Crippen molar-refractivity contribution in [3.63, 3.8) is 0 Å². The van der Waals surface area contributed by atoms with E-state index >= 15 is 0 Å². The molecule has 2 N–H and O–H groups in total. The Hall–Kier alpha value is -2.10. The van der Waals surface area contributed by atoms with Gasteiger partial charge in [0.2, 0.25) is 5.91 Å². The average molecular weight is 257 g/mol. The highest BCUT2D eigenvalue weighted by Crippen LogP contribution is 2.11. The second-order valence-electron chi connectivity index (χ2n) is 4.78. The van der Waals surface area contributed by atoms with Crippen LogP contribution in [0.4, 0.5) is 0 Å². The summed E-state index contributed by atoms with van der Waals surface area (Å²) in [5.74, 6) is 0.0632. The molecule has 0 bridgehead atoms. The highest BCUT2D eigenvalue weighted by molar-refractivity contribution is 5.78. The minimum atomic E-state index is 0.0632. The molecule has 2 rings (SSSR count). The summed E-state index contributed by atoms with van der Waals surface area (Å²) in [6.07, 6.45) is 4.64. The van der Waals surface area contributed by atoms with Crippen molar-refractivity contribution in [2.24, 2.45) is 0 Å². The Labute approximate surface area is 113 Å². The third-order valence-corrected chi connectivity index (χ3v) is 3.13. The van der Waals surface area contributed by atoms with Crippen LogP contribution in [0.15, 0.2) is 30.7 Å². The fraction of sp³-hybridized carbons (Fsp3) is 0.333. The maximum atomic E-state index is 11.9. The summed E-state index contributed by atoms with van der Waals surface area (Å²) < 4.78 is 0. The van der Waals surface area contributed by atoms with E-state index in [0.717, 1.165) is 23.2 Å². The van der Waals surface area contributed by atoms with Crippen LogP contribution in [0.1, 0.15) is 22.4 Å². The van der Waals surface area contributed by atoms with E-state index in [-0.39, 0.29) is 5.91 Å². The van der Waals surface area contributed by atoms with E-state index in [1.807, 2.05) is 13.8 Å². The molecule has 0 atom stereocenters. The van der Waals surface area contributed by atoms with Crippen molar-refractivity contribution in [3.05, 3.63) is 53.1 Å². The molecule has 0 aliphatic carbocycles. The number of amides is 1. The van der Waals surface area contributed by atoms with E-state index in [0.29, 0.717) is 13.0 Å². The number of carbonyl (C=O) groups excluding carboxylic acids is 1. The summed E-state index contributed by atoms with van der Waals surface area (Å²) in [7, 11) is 0. The van der Waals surface area contributed by atoms with Crippen molar-refractivity contribution in [2.45, 2.75) is 26.7 Å². The smallest absolute Gasteiger partial charge is 0.224 e. The van der Waals surface area contributed by atoms with E-state index < -0.39 is 0 Å². The molecule has 4 nitrogen and oxygen atoms in total. The zero-order chi connectivity index (χ0) is 13.7. The number of nitrogens with one attached hydrogen (secondary N) is 2. The molecule has 0 unspecified atom stereocenters. The number of hydrogen-bond donors (Lipinski definition) is 2. The summed E-state index contributed by atoms with van der Waals surface area (Å²) in [6, 6.07) is 6.20. The third kappa shape index (κ3) is 3.95. The predicted molar refractivity (Wildman–Crippen MR) is 74.9 cm³/mol. The second-order valence-corrected chi connectivity index (χ2v) is 4.78. The lowest BCUT2D eigenvalue weighted by atomic mass is 10.0. The minimum absolute atomic E-state index is 0.0632. The van der Waals surface area contributed by atoms with Gasteiger partial charge in [-0.2, -0.15) is 0 Å². The first-order valence-corrected chi connectivity index (χ1v) is 6.45. The van der Waals surface area contributed by atoms with Gasteiger partial charge < -0.3 is 10.3 Å². The highest BCUT2D eigenvalue weighted by atomic mass is 16.1. The Balaban J connectivity index is 1.82. The number of aryl methyl sites for hydroxylation is 2. The van der Waals surface area contributed by atoms with E-state index in [1.54, 1.807) is 12.5 Å². The topological polar surface area (TPSA) is 57.8 Å². The number of H-pyrrole nitrogens is 1. The van der Waals surface area contributed by atoms with E-state index in [9.17, 15) is 4.79 Å². The Morgan fingerprint density at radius 2 is 2.21 bits per heavy atom. The van der Waals surface area contributed by atoms with Gasteiger partial charge >= 0.3 is 0 Å². The van der Waals surface area contributed by atoms with Crippen molar-refractivity contribution in [3.8, 4) is 0 Å². The van der Waals surface area contributed by atoms with E-state index in [1.165, 1.54) is 5.56 Å². The lowest BCUT2D eigenvalue weighted by molar-refractivity contribution is -0.120. The maximum Gasteiger partial charge on any atom is 0.224 e. The van der Waals surface area contributed by atoms with Gasteiger partial charge in [-0.05, 0) is 25.0 Å². The molecule has 1 aromatic heterocycles. The molecule has 0 spiro atoms. The quantitative estimate of drug-likeness (QED) is 0.860. The Morgan fingerprint density at radius 1 is 1.37 bits per heavy atom. The summed E-state index contributed by atoms with van der Waals surface area (Å²) in [5, 5.41) is 2.93. The van der Waals surface area contributed by atoms with Crippen molar-refractivity contribution in [1.29, 1.82) is 0 Å². The van der Waals surface area contributed by atoms with Gasteiger partial charge in [-0.15, -0.1) is 0 Å². The normalized spacial score (nSPS) is 10.4. The summed E-state index contributed by atoms with van der Waals surface area (Å²) in [5.41, 5.74) is 4.48. The molecular formula is C15H19N3O. The largest absolute Gasteiger partial charge is 0.355 e. The Morgan fingerprint density at radius 3 is 2.95 bits per heavy atom. The first-order chi connectivity index (χ1) is 9.15. The van der Waals surface area contributed by atoms with Gasteiger partial charge in [0.15, 0.2) is 0 Å². The first kappa shape index (κ1) is 13.3. The van der Waals surface area contributed by atoms with Gasteiger partial charge in [0.25, 0.3) is 0 Å². The van der Waals surface area contributed by atoms with Crippen molar-refractivity contribution in [2.75, 3.05) is 6.54 Å². The van der Waals surface area contributed by atoms with Crippen LogP contribution in [0.2, 0.25) is 0 Å². The molecule has 0 aliphatic rings. The van der Waals surface area contributed by atoms with Gasteiger partial charge in [-0.1, -0.05) is 23.8 Å². The second kappa shape index (κ2) is 6.18. The zero-order valence-corrected chi connectivity index (χ0v) is 11.4. The van der Waals surface area contributed by atoms with Crippen LogP contribution in [0.25, 0.3) is 0 Å². The first-order valence-electron chi connectivity index (χ1n) is 6.45. The summed E-state index contributed by atoms with van der Waals surface area (Å²) >= 11 is 0. The summed E-state index contributed by atoms with van der Waals surface area (Å²) in [4.78, 5) is 18.8. The highest BCUT2D eigenvalue weighted by Gasteiger charge is 2.06. The molecule has 0 radical (unpaired) electrons. The standard InChI is InChI=1S/C15H19N3O/c1-11-3-4-12(2)13(7-11)8-15(19)17-6-5-14-9-16-10-18-14/h3-4,7,9-10H,5-6,8H2,1-2H3,(H,16,18)(H,17,19). The van der Waals surface area contributed by atoms with Crippen LogP contribution >= 0.6 is 0 Å². The molecule has 0 saturated carbocycles. The lowest BCUT2D eigenvalue weighted by Gasteiger charge is -2.08. The van der Waals surface area contributed by atoms with Crippen LogP contribution in [0.3, 0.4) is 0 Å². The van der Waals surface area contributed by atoms with Crippen LogP contribution in [0, 0.1) is 13.8 Å². The third-order valence-electron chi connectivity index (χ3n) is 3.13. The van der Waals surface area contributed by atoms with Crippen LogP contribution in [-0.2, 0) is 17.6 Å². The van der Waals surface area contributed by atoms with Gasteiger partial charge in [0, 0.05) is 24.9 Å². The molecular weight excluding hydrogens is 238 g/mol. The average Bonchev–Trinajstić information content (AvgIpc) is 2.87. The number of aromatic nitrogens is 2. The van der Waals surface area contributed by atoms with Crippen molar-refractivity contribution >= 4 is 5.91 Å².